The Bertz CT molecular complexity index is 809. The van der Waals surface area contributed by atoms with Crippen LogP contribution in [0.1, 0.15) is 56.2 Å². The van der Waals surface area contributed by atoms with Gasteiger partial charge in [-0.2, -0.15) is 0 Å². The first kappa shape index (κ1) is 23.7. The predicted molar refractivity (Wildman–Crippen MR) is 141 cm³/mol. The molecule has 0 bridgehead atoms. The van der Waals surface area contributed by atoms with Crippen molar-refractivity contribution >= 4 is 22.6 Å². The first-order chi connectivity index (χ1) is 15.3. The van der Waals surface area contributed by atoms with E-state index in [4.69, 9.17) is 4.74 Å². The molecule has 1 nitrogen and oxygen atoms in total. The maximum absolute atomic E-state index is 7.30. The summed E-state index contributed by atoms with van der Waals surface area (Å²) >= 11 is 2.33. The molecule has 0 N–H and O–H groups in total. The molecule has 162 valence electrons. The van der Waals surface area contributed by atoms with Gasteiger partial charge in [-0.1, -0.05) is 147 Å². The molecule has 3 aromatic rings. The lowest BCUT2D eigenvalue weighted by Gasteiger charge is -2.40. The lowest BCUT2D eigenvalue weighted by atomic mass is 9.79. The molecule has 3 rings (SSSR count). The molecule has 0 aliphatic carbocycles. The number of benzene rings is 3. The summed E-state index contributed by atoms with van der Waals surface area (Å²) in [7, 11) is 0. The van der Waals surface area contributed by atoms with E-state index in [9.17, 15) is 0 Å². The van der Waals surface area contributed by atoms with Gasteiger partial charge in [0.05, 0.1) is 6.10 Å². The first-order valence-electron chi connectivity index (χ1n) is 11.4. The van der Waals surface area contributed by atoms with Crippen LogP contribution in [0.5, 0.6) is 0 Å². The number of hydrogen-bond acceptors (Lipinski definition) is 1. The lowest BCUT2D eigenvalue weighted by Crippen LogP contribution is -2.39. The molecule has 0 aliphatic rings. The van der Waals surface area contributed by atoms with Crippen molar-refractivity contribution in [2.45, 2.75) is 51.2 Å². The Morgan fingerprint density at radius 1 is 0.774 bits per heavy atom. The van der Waals surface area contributed by atoms with E-state index in [0.29, 0.717) is 5.92 Å². The van der Waals surface area contributed by atoms with Crippen LogP contribution < -0.4 is 0 Å². The smallest absolute Gasteiger partial charge is 0.144 e. The highest BCUT2D eigenvalue weighted by molar-refractivity contribution is 14.1. The fourth-order valence-electron chi connectivity index (χ4n) is 4.36. The number of halogens is 1. The molecule has 0 fully saturated rings. The Labute approximate surface area is 201 Å². The van der Waals surface area contributed by atoms with Crippen molar-refractivity contribution in [3.63, 3.8) is 0 Å². The third-order valence-corrected chi connectivity index (χ3v) is 6.45. The Hall–Kier alpha value is -1.91. The fraction of sp³-hybridized carbons (Fsp3) is 0.310. The van der Waals surface area contributed by atoms with Crippen molar-refractivity contribution in [3.05, 3.63) is 118 Å². The van der Waals surface area contributed by atoms with Crippen molar-refractivity contribution in [2.75, 3.05) is 0 Å². The Balaban J connectivity index is 2.21. The highest BCUT2D eigenvalue weighted by atomic mass is 127. The normalized spacial score (nSPS) is 13.9. The Kier molecular flexibility index (Phi) is 9.35. The Morgan fingerprint density at radius 3 is 1.58 bits per heavy atom. The molecule has 0 radical (unpaired) electrons. The molecule has 0 heterocycles. The SMILES string of the molecule is CCCCC(CC)C(/C=C/I)OC(c1ccccc1)(c1ccccc1)c1ccccc1. The van der Waals surface area contributed by atoms with Gasteiger partial charge < -0.3 is 4.74 Å². The molecule has 0 spiro atoms. The van der Waals surface area contributed by atoms with E-state index in [-0.39, 0.29) is 6.10 Å². The fourth-order valence-corrected chi connectivity index (χ4v) is 4.77. The predicted octanol–water partition coefficient (Wildman–Crippen LogP) is 8.53. The van der Waals surface area contributed by atoms with Crippen LogP contribution in [-0.4, -0.2) is 6.10 Å². The first-order valence-corrected chi connectivity index (χ1v) is 12.6. The molecule has 31 heavy (non-hydrogen) atoms. The van der Waals surface area contributed by atoms with Gasteiger partial charge in [0.2, 0.25) is 0 Å². The Morgan fingerprint density at radius 2 is 1.23 bits per heavy atom. The van der Waals surface area contributed by atoms with E-state index in [0.717, 1.165) is 23.1 Å². The van der Waals surface area contributed by atoms with E-state index in [2.05, 4.69) is 138 Å². The van der Waals surface area contributed by atoms with Gasteiger partial charge in [0.1, 0.15) is 5.60 Å². The summed E-state index contributed by atoms with van der Waals surface area (Å²) in [5, 5.41) is 0. The van der Waals surface area contributed by atoms with Gasteiger partial charge in [-0.25, -0.2) is 0 Å². The van der Waals surface area contributed by atoms with Crippen LogP contribution in [0.3, 0.4) is 0 Å². The second-order valence-electron chi connectivity index (χ2n) is 7.99. The van der Waals surface area contributed by atoms with Crippen molar-refractivity contribution in [1.82, 2.24) is 0 Å². The lowest BCUT2D eigenvalue weighted by molar-refractivity contribution is -0.0527. The van der Waals surface area contributed by atoms with Crippen molar-refractivity contribution in [1.29, 1.82) is 0 Å². The van der Waals surface area contributed by atoms with Gasteiger partial charge in [-0.3, -0.25) is 0 Å². The molecule has 0 amide bonds. The standard InChI is InChI=1S/C29H33IO/c1-3-5-15-24(4-2)28(22-23-30)31-29(25-16-9-6-10-17-25,26-18-11-7-12-19-26)27-20-13-8-14-21-27/h6-14,16-24,28H,3-5,15H2,1-2H3/b23-22+. The van der Waals surface area contributed by atoms with E-state index in [1.807, 2.05) is 0 Å². The van der Waals surface area contributed by atoms with Gasteiger partial charge in [-0.05, 0) is 39.2 Å². The highest BCUT2D eigenvalue weighted by Crippen LogP contribution is 2.43. The summed E-state index contributed by atoms with van der Waals surface area (Å²) in [6.45, 7) is 4.55. The molecule has 0 aromatic heterocycles. The molecule has 2 atom stereocenters. The van der Waals surface area contributed by atoms with Gasteiger partial charge in [0, 0.05) is 0 Å². The monoisotopic (exact) mass is 524 g/mol. The second-order valence-corrected chi connectivity index (χ2v) is 8.71. The van der Waals surface area contributed by atoms with Crippen molar-refractivity contribution in [3.8, 4) is 0 Å². The average Bonchev–Trinajstić information content (AvgIpc) is 2.84. The summed E-state index contributed by atoms with van der Waals surface area (Å²) in [6.07, 6.45) is 6.97. The third-order valence-electron chi connectivity index (χ3n) is 6.03. The van der Waals surface area contributed by atoms with Gasteiger partial charge in [0.15, 0.2) is 0 Å². The molecule has 0 saturated carbocycles. The largest absolute Gasteiger partial charge is 0.353 e. The number of ether oxygens (including phenoxy) is 1. The van der Waals surface area contributed by atoms with E-state index in [1.54, 1.807) is 0 Å². The van der Waals surface area contributed by atoms with Crippen LogP contribution in [0.25, 0.3) is 0 Å². The number of rotatable bonds is 11. The van der Waals surface area contributed by atoms with E-state index < -0.39 is 5.60 Å². The third kappa shape index (κ3) is 5.67. The maximum atomic E-state index is 7.30. The van der Waals surface area contributed by atoms with E-state index in [1.165, 1.54) is 19.3 Å². The minimum atomic E-state index is -0.676. The molecule has 0 aliphatic heterocycles. The zero-order valence-corrected chi connectivity index (χ0v) is 20.7. The summed E-state index contributed by atoms with van der Waals surface area (Å²) in [6, 6.07) is 32.0. The van der Waals surface area contributed by atoms with E-state index >= 15 is 0 Å². The molecular weight excluding hydrogens is 491 g/mol. The zero-order valence-electron chi connectivity index (χ0n) is 18.6. The minimum absolute atomic E-state index is 0.0223. The zero-order chi connectivity index (χ0) is 21.9. The van der Waals surface area contributed by atoms with Crippen molar-refractivity contribution < 1.29 is 4.74 Å². The van der Waals surface area contributed by atoms with Crippen LogP contribution >= 0.6 is 22.6 Å². The summed E-state index contributed by atoms with van der Waals surface area (Å²) < 4.78 is 9.41. The van der Waals surface area contributed by atoms with Gasteiger partial charge >= 0.3 is 0 Å². The quantitative estimate of drug-likeness (QED) is 0.180. The summed E-state index contributed by atoms with van der Waals surface area (Å²) in [5.74, 6) is 0.474. The number of unbranched alkanes of at least 4 members (excludes halogenated alkanes) is 1. The second kappa shape index (κ2) is 12.2. The summed E-state index contributed by atoms with van der Waals surface area (Å²) in [5.41, 5.74) is 2.79. The van der Waals surface area contributed by atoms with Crippen LogP contribution in [0.4, 0.5) is 0 Å². The topological polar surface area (TPSA) is 9.23 Å². The molecule has 3 aromatic carbocycles. The van der Waals surface area contributed by atoms with Gasteiger partial charge in [0.25, 0.3) is 0 Å². The van der Waals surface area contributed by atoms with Crippen LogP contribution in [0.2, 0.25) is 0 Å². The van der Waals surface area contributed by atoms with Crippen LogP contribution in [-0.2, 0) is 10.3 Å². The molecular formula is C29H33IO. The van der Waals surface area contributed by atoms with Crippen molar-refractivity contribution in [2.24, 2.45) is 5.92 Å². The summed E-state index contributed by atoms with van der Waals surface area (Å²) in [4.78, 5) is 0. The highest BCUT2D eigenvalue weighted by Gasteiger charge is 2.40. The maximum Gasteiger partial charge on any atom is 0.144 e. The average molecular weight is 524 g/mol. The van der Waals surface area contributed by atoms with Gasteiger partial charge in [-0.15, -0.1) is 0 Å². The molecule has 2 heteroatoms. The minimum Gasteiger partial charge on any atom is -0.353 e. The molecule has 0 saturated heterocycles. The molecule has 2 unspecified atom stereocenters. The van der Waals surface area contributed by atoms with Crippen LogP contribution in [0.15, 0.2) is 101 Å². The van der Waals surface area contributed by atoms with Crippen LogP contribution in [0, 0.1) is 5.92 Å². The number of hydrogen-bond donors (Lipinski definition) is 0.